The lowest BCUT2D eigenvalue weighted by Gasteiger charge is -2.09. The van der Waals surface area contributed by atoms with Gasteiger partial charge in [-0.15, -0.1) is 0 Å². The fraction of sp³-hybridized carbons (Fsp3) is 0.118. The molecule has 0 saturated carbocycles. The van der Waals surface area contributed by atoms with E-state index < -0.39 is 0 Å². The van der Waals surface area contributed by atoms with Crippen LogP contribution in [-0.4, -0.2) is 20.7 Å². The van der Waals surface area contributed by atoms with E-state index in [1.807, 2.05) is 50.2 Å². The summed E-state index contributed by atoms with van der Waals surface area (Å²) in [6.45, 7) is 3.77. The SMILES string of the molecule is Cc1ccc(C(=O)Nc2cc(C)nn2-c2cccc(Br)c2)cn1. The highest BCUT2D eigenvalue weighted by atomic mass is 79.9. The van der Waals surface area contributed by atoms with Gasteiger partial charge in [-0.2, -0.15) is 5.10 Å². The van der Waals surface area contributed by atoms with E-state index in [1.54, 1.807) is 16.9 Å². The molecule has 5 nitrogen and oxygen atoms in total. The van der Waals surface area contributed by atoms with Gasteiger partial charge < -0.3 is 5.32 Å². The van der Waals surface area contributed by atoms with Crippen molar-refractivity contribution in [3.8, 4) is 5.69 Å². The van der Waals surface area contributed by atoms with Gasteiger partial charge in [0, 0.05) is 22.4 Å². The number of aromatic nitrogens is 3. The van der Waals surface area contributed by atoms with Crippen LogP contribution in [0.5, 0.6) is 0 Å². The van der Waals surface area contributed by atoms with Crippen LogP contribution >= 0.6 is 15.9 Å². The molecule has 0 unspecified atom stereocenters. The van der Waals surface area contributed by atoms with Crippen LogP contribution in [0.2, 0.25) is 0 Å². The van der Waals surface area contributed by atoms with Crippen molar-refractivity contribution in [2.75, 3.05) is 5.32 Å². The van der Waals surface area contributed by atoms with E-state index >= 15 is 0 Å². The summed E-state index contributed by atoms with van der Waals surface area (Å²) in [6, 6.07) is 13.1. The lowest BCUT2D eigenvalue weighted by atomic mass is 10.2. The number of hydrogen-bond acceptors (Lipinski definition) is 3. The van der Waals surface area contributed by atoms with Crippen LogP contribution in [0.3, 0.4) is 0 Å². The molecule has 0 aliphatic carbocycles. The van der Waals surface area contributed by atoms with Gasteiger partial charge in [-0.05, 0) is 44.2 Å². The first-order chi connectivity index (χ1) is 11.0. The van der Waals surface area contributed by atoms with E-state index in [1.165, 1.54) is 0 Å². The molecular formula is C17H15BrN4O. The molecule has 116 valence electrons. The van der Waals surface area contributed by atoms with E-state index in [4.69, 9.17) is 0 Å². The molecule has 0 fully saturated rings. The van der Waals surface area contributed by atoms with Crippen LogP contribution in [0.15, 0.2) is 53.1 Å². The molecule has 0 bridgehead atoms. The van der Waals surface area contributed by atoms with Crippen LogP contribution in [0.4, 0.5) is 5.82 Å². The summed E-state index contributed by atoms with van der Waals surface area (Å²) in [5.41, 5.74) is 3.07. The average Bonchev–Trinajstić information content (AvgIpc) is 2.88. The predicted octanol–water partition coefficient (Wildman–Crippen LogP) is 3.90. The van der Waals surface area contributed by atoms with Gasteiger partial charge in [-0.3, -0.25) is 9.78 Å². The quantitative estimate of drug-likeness (QED) is 0.760. The van der Waals surface area contributed by atoms with Gasteiger partial charge in [0.2, 0.25) is 0 Å². The number of halogens is 1. The number of rotatable bonds is 3. The minimum absolute atomic E-state index is 0.214. The Morgan fingerprint density at radius 1 is 1.13 bits per heavy atom. The highest BCUT2D eigenvalue weighted by molar-refractivity contribution is 9.10. The standard InChI is InChI=1S/C17H15BrN4O/c1-11-6-7-13(10-19-11)17(23)20-16-8-12(2)21-22(16)15-5-3-4-14(18)9-15/h3-10H,1-2H3,(H,20,23). The van der Waals surface area contributed by atoms with Gasteiger partial charge in [0.1, 0.15) is 5.82 Å². The van der Waals surface area contributed by atoms with Crippen molar-refractivity contribution in [1.82, 2.24) is 14.8 Å². The van der Waals surface area contributed by atoms with Crippen molar-refractivity contribution in [2.24, 2.45) is 0 Å². The number of amides is 1. The largest absolute Gasteiger partial charge is 0.306 e. The molecule has 1 amide bonds. The molecule has 0 aliphatic rings. The Morgan fingerprint density at radius 2 is 1.96 bits per heavy atom. The van der Waals surface area contributed by atoms with E-state index in [9.17, 15) is 4.79 Å². The van der Waals surface area contributed by atoms with Crippen LogP contribution in [-0.2, 0) is 0 Å². The molecule has 0 radical (unpaired) electrons. The third-order valence-corrected chi connectivity index (χ3v) is 3.79. The molecule has 2 heterocycles. The zero-order valence-corrected chi connectivity index (χ0v) is 14.3. The average molecular weight is 371 g/mol. The smallest absolute Gasteiger partial charge is 0.258 e. The van der Waals surface area contributed by atoms with Crippen LogP contribution in [0, 0.1) is 13.8 Å². The summed E-state index contributed by atoms with van der Waals surface area (Å²) < 4.78 is 2.66. The first kappa shape index (κ1) is 15.4. The minimum Gasteiger partial charge on any atom is -0.306 e. The molecule has 6 heteroatoms. The molecule has 0 atom stereocenters. The van der Waals surface area contributed by atoms with E-state index in [-0.39, 0.29) is 5.91 Å². The Hall–Kier alpha value is -2.47. The molecule has 23 heavy (non-hydrogen) atoms. The number of pyridine rings is 1. The van der Waals surface area contributed by atoms with Crippen molar-refractivity contribution in [3.63, 3.8) is 0 Å². The molecule has 3 rings (SSSR count). The van der Waals surface area contributed by atoms with Crippen molar-refractivity contribution >= 4 is 27.7 Å². The first-order valence-corrected chi connectivity index (χ1v) is 7.89. The number of aryl methyl sites for hydroxylation is 2. The minimum atomic E-state index is -0.214. The lowest BCUT2D eigenvalue weighted by Crippen LogP contribution is -2.15. The summed E-state index contributed by atoms with van der Waals surface area (Å²) >= 11 is 3.45. The fourth-order valence-corrected chi connectivity index (χ4v) is 2.57. The van der Waals surface area contributed by atoms with Gasteiger partial charge in [0.05, 0.1) is 16.9 Å². The van der Waals surface area contributed by atoms with Gasteiger partial charge in [0.15, 0.2) is 0 Å². The lowest BCUT2D eigenvalue weighted by molar-refractivity contribution is 0.102. The van der Waals surface area contributed by atoms with Crippen molar-refractivity contribution in [2.45, 2.75) is 13.8 Å². The number of nitrogens with one attached hydrogen (secondary N) is 1. The second-order valence-corrected chi connectivity index (χ2v) is 6.12. The Labute approximate surface area is 142 Å². The number of nitrogens with zero attached hydrogens (tertiary/aromatic N) is 3. The Morgan fingerprint density at radius 3 is 2.65 bits per heavy atom. The van der Waals surface area contributed by atoms with E-state index in [2.05, 4.69) is 31.3 Å². The van der Waals surface area contributed by atoms with Gasteiger partial charge in [-0.1, -0.05) is 22.0 Å². The molecule has 0 spiro atoms. The molecule has 0 aliphatic heterocycles. The third kappa shape index (κ3) is 3.48. The summed E-state index contributed by atoms with van der Waals surface area (Å²) in [5, 5.41) is 7.34. The van der Waals surface area contributed by atoms with E-state index in [0.29, 0.717) is 11.4 Å². The van der Waals surface area contributed by atoms with Gasteiger partial charge >= 0.3 is 0 Å². The van der Waals surface area contributed by atoms with Crippen LogP contribution in [0.25, 0.3) is 5.69 Å². The zero-order chi connectivity index (χ0) is 16.4. The van der Waals surface area contributed by atoms with Gasteiger partial charge in [-0.25, -0.2) is 4.68 Å². The Bertz CT molecular complexity index is 855. The van der Waals surface area contributed by atoms with Gasteiger partial charge in [0.25, 0.3) is 5.91 Å². The highest BCUT2D eigenvalue weighted by Crippen LogP contribution is 2.21. The molecule has 2 aromatic heterocycles. The van der Waals surface area contributed by atoms with E-state index in [0.717, 1.165) is 21.5 Å². The van der Waals surface area contributed by atoms with Crippen LogP contribution < -0.4 is 5.32 Å². The normalized spacial score (nSPS) is 10.6. The Kier molecular flexibility index (Phi) is 4.25. The number of carbonyl (C=O) groups excluding carboxylic acids is 1. The summed E-state index contributed by atoms with van der Waals surface area (Å²) in [6.07, 6.45) is 1.57. The van der Waals surface area contributed by atoms with Crippen molar-refractivity contribution in [1.29, 1.82) is 0 Å². The number of hydrogen-bond donors (Lipinski definition) is 1. The second kappa shape index (κ2) is 6.34. The predicted molar refractivity (Wildman–Crippen MR) is 92.9 cm³/mol. The van der Waals surface area contributed by atoms with Crippen LogP contribution in [0.1, 0.15) is 21.7 Å². The first-order valence-electron chi connectivity index (χ1n) is 7.09. The van der Waals surface area contributed by atoms with Crippen molar-refractivity contribution < 1.29 is 4.79 Å². The third-order valence-electron chi connectivity index (χ3n) is 3.30. The maximum atomic E-state index is 12.4. The second-order valence-electron chi connectivity index (χ2n) is 5.21. The Balaban J connectivity index is 1.91. The number of carbonyl (C=O) groups is 1. The number of benzene rings is 1. The molecule has 0 saturated heterocycles. The maximum absolute atomic E-state index is 12.4. The zero-order valence-electron chi connectivity index (χ0n) is 12.7. The highest BCUT2D eigenvalue weighted by Gasteiger charge is 2.13. The summed E-state index contributed by atoms with van der Waals surface area (Å²) in [7, 11) is 0. The molecule has 3 aromatic rings. The maximum Gasteiger partial charge on any atom is 0.258 e. The fourth-order valence-electron chi connectivity index (χ4n) is 2.18. The molecule has 1 N–H and O–H groups in total. The van der Waals surface area contributed by atoms with Crippen molar-refractivity contribution in [3.05, 3.63) is 70.1 Å². The molecule has 1 aromatic carbocycles. The molecular weight excluding hydrogens is 356 g/mol. The topological polar surface area (TPSA) is 59.8 Å². The summed E-state index contributed by atoms with van der Waals surface area (Å²) in [4.78, 5) is 16.5. The monoisotopic (exact) mass is 370 g/mol. The summed E-state index contributed by atoms with van der Waals surface area (Å²) in [5.74, 6) is 0.403. The number of anilines is 1.